The summed E-state index contributed by atoms with van der Waals surface area (Å²) in [5.41, 5.74) is 0. The van der Waals surface area contributed by atoms with Crippen LogP contribution in [0.25, 0.3) is 0 Å². The lowest BCUT2D eigenvalue weighted by molar-refractivity contribution is -0.132. The van der Waals surface area contributed by atoms with E-state index in [1.807, 2.05) is 16.7 Å². The van der Waals surface area contributed by atoms with Crippen LogP contribution in [0.3, 0.4) is 0 Å². The van der Waals surface area contributed by atoms with Crippen LogP contribution < -0.4 is 5.32 Å². The molecule has 0 spiro atoms. The third kappa shape index (κ3) is 2.90. The third-order valence-corrected chi connectivity index (χ3v) is 4.42. The lowest BCUT2D eigenvalue weighted by Gasteiger charge is -2.27. The van der Waals surface area contributed by atoms with E-state index in [4.69, 9.17) is 5.11 Å². The van der Waals surface area contributed by atoms with E-state index in [1.54, 1.807) is 0 Å². The number of carbonyl (C=O) groups excluding carboxylic acids is 1. The number of aliphatic hydroxyl groups excluding tert-OH is 1. The van der Waals surface area contributed by atoms with E-state index in [-0.39, 0.29) is 18.6 Å². The van der Waals surface area contributed by atoms with Crippen LogP contribution >= 0.6 is 11.8 Å². The molecule has 92 valence electrons. The van der Waals surface area contributed by atoms with E-state index in [0.717, 1.165) is 44.0 Å². The highest BCUT2D eigenvalue weighted by Crippen LogP contribution is 2.21. The highest BCUT2D eigenvalue weighted by atomic mass is 32.2. The molecule has 2 aliphatic rings. The van der Waals surface area contributed by atoms with Crippen molar-refractivity contribution in [1.29, 1.82) is 0 Å². The molecule has 4 nitrogen and oxygen atoms in total. The average molecular weight is 244 g/mol. The van der Waals surface area contributed by atoms with Crippen LogP contribution in [0.15, 0.2) is 0 Å². The Bertz CT molecular complexity index is 244. The van der Waals surface area contributed by atoms with Crippen LogP contribution in [0, 0.1) is 5.92 Å². The Morgan fingerprint density at radius 2 is 2.44 bits per heavy atom. The fourth-order valence-electron chi connectivity index (χ4n) is 2.40. The molecular formula is C11H20N2O2S. The first-order chi connectivity index (χ1) is 7.81. The molecule has 16 heavy (non-hydrogen) atoms. The van der Waals surface area contributed by atoms with Gasteiger partial charge in [-0.25, -0.2) is 0 Å². The van der Waals surface area contributed by atoms with Crippen LogP contribution in [0.1, 0.15) is 12.8 Å². The van der Waals surface area contributed by atoms with Gasteiger partial charge in [-0.2, -0.15) is 11.8 Å². The minimum atomic E-state index is 0.0200. The maximum Gasteiger partial charge on any atom is 0.240 e. The predicted octanol–water partition coefficient (Wildman–Crippen LogP) is -0.0777. The minimum absolute atomic E-state index is 0.0200. The maximum atomic E-state index is 12.1. The van der Waals surface area contributed by atoms with Gasteiger partial charge in [-0.15, -0.1) is 0 Å². The fraction of sp³-hybridized carbons (Fsp3) is 0.909. The second-order valence-electron chi connectivity index (χ2n) is 4.53. The topological polar surface area (TPSA) is 52.6 Å². The summed E-state index contributed by atoms with van der Waals surface area (Å²) >= 11 is 1.85. The molecule has 2 atom stereocenters. The zero-order valence-electron chi connectivity index (χ0n) is 9.52. The zero-order valence-corrected chi connectivity index (χ0v) is 10.3. The second-order valence-corrected chi connectivity index (χ2v) is 5.68. The number of carbonyl (C=O) groups is 1. The number of aliphatic hydroxyl groups is 1. The van der Waals surface area contributed by atoms with Gasteiger partial charge in [0.1, 0.15) is 0 Å². The van der Waals surface area contributed by atoms with Gasteiger partial charge in [0, 0.05) is 37.7 Å². The van der Waals surface area contributed by atoms with Crippen molar-refractivity contribution in [2.45, 2.75) is 18.9 Å². The molecule has 2 aliphatic heterocycles. The number of nitrogens with one attached hydrogen (secondary N) is 1. The molecule has 0 aromatic rings. The molecule has 0 aromatic heterocycles. The van der Waals surface area contributed by atoms with Gasteiger partial charge in [0.25, 0.3) is 0 Å². The summed E-state index contributed by atoms with van der Waals surface area (Å²) in [5, 5.41) is 12.2. The Kier molecular flexibility index (Phi) is 4.49. The summed E-state index contributed by atoms with van der Waals surface area (Å²) in [7, 11) is 0. The summed E-state index contributed by atoms with van der Waals surface area (Å²) in [6.07, 6.45) is 1.88. The van der Waals surface area contributed by atoms with E-state index in [2.05, 4.69) is 5.32 Å². The molecule has 0 aromatic carbocycles. The Labute approximate surface area is 101 Å². The van der Waals surface area contributed by atoms with Crippen molar-refractivity contribution >= 4 is 17.7 Å². The highest BCUT2D eigenvalue weighted by molar-refractivity contribution is 7.99. The van der Waals surface area contributed by atoms with Crippen molar-refractivity contribution < 1.29 is 9.90 Å². The first-order valence-electron chi connectivity index (χ1n) is 6.02. The molecule has 2 unspecified atom stereocenters. The summed E-state index contributed by atoms with van der Waals surface area (Å²) < 4.78 is 0. The highest BCUT2D eigenvalue weighted by Gasteiger charge is 2.31. The van der Waals surface area contributed by atoms with Crippen molar-refractivity contribution in [2.24, 2.45) is 5.92 Å². The molecule has 0 bridgehead atoms. The number of amides is 1. The van der Waals surface area contributed by atoms with Crippen molar-refractivity contribution in [3.63, 3.8) is 0 Å². The zero-order chi connectivity index (χ0) is 11.4. The molecule has 0 saturated carbocycles. The second kappa shape index (κ2) is 5.89. The minimum Gasteiger partial charge on any atom is -0.396 e. The van der Waals surface area contributed by atoms with Gasteiger partial charge in [0.05, 0.1) is 6.04 Å². The summed E-state index contributed by atoms with van der Waals surface area (Å²) in [6, 6.07) is 0.0200. The van der Waals surface area contributed by atoms with Crippen LogP contribution in [0.5, 0.6) is 0 Å². The van der Waals surface area contributed by atoms with Gasteiger partial charge in [0.2, 0.25) is 5.91 Å². The number of nitrogens with zero attached hydrogens (tertiary/aromatic N) is 1. The summed E-state index contributed by atoms with van der Waals surface area (Å²) in [6.45, 7) is 2.88. The van der Waals surface area contributed by atoms with Crippen molar-refractivity contribution in [2.75, 3.05) is 37.7 Å². The van der Waals surface area contributed by atoms with Crippen molar-refractivity contribution in [3.05, 3.63) is 0 Å². The molecule has 0 radical (unpaired) electrons. The molecular weight excluding hydrogens is 224 g/mol. The average Bonchev–Trinajstić information content (AvgIpc) is 2.78. The Balaban J connectivity index is 1.81. The Morgan fingerprint density at radius 3 is 3.12 bits per heavy atom. The Hall–Kier alpha value is -0.260. The van der Waals surface area contributed by atoms with Gasteiger partial charge < -0.3 is 15.3 Å². The SMILES string of the molecule is O=C(C1CSCCN1)N1CCC(CCO)C1. The number of hydrogen-bond acceptors (Lipinski definition) is 4. The maximum absolute atomic E-state index is 12.1. The molecule has 2 rings (SSSR count). The summed E-state index contributed by atoms with van der Waals surface area (Å²) in [5.74, 6) is 2.77. The monoisotopic (exact) mass is 244 g/mol. The van der Waals surface area contributed by atoms with Gasteiger partial charge in [-0.05, 0) is 18.8 Å². The largest absolute Gasteiger partial charge is 0.396 e. The number of likely N-dealkylation sites (tertiary alicyclic amines) is 1. The summed E-state index contributed by atoms with van der Waals surface area (Å²) in [4.78, 5) is 14.1. The third-order valence-electron chi connectivity index (χ3n) is 3.35. The van der Waals surface area contributed by atoms with Gasteiger partial charge >= 0.3 is 0 Å². The van der Waals surface area contributed by atoms with Crippen LogP contribution in [-0.2, 0) is 4.79 Å². The smallest absolute Gasteiger partial charge is 0.240 e. The fourth-order valence-corrected chi connectivity index (χ4v) is 3.32. The number of hydrogen-bond donors (Lipinski definition) is 2. The van der Waals surface area contributed by atoms with Crippen molar-refractivity contribution in [1.82, 2.24) is 10.2 Å². The van der Waals surface area contributed by atoms with Gasteiger partial charge in [-0.1, -0.05) is 0 Å². The normalized spacial score (nSPS) is 30.7. The van der Waals surface area contributed by atoms with E-state index in [1.165, 1.54) is 0 Å². The van der Waals surface area contributed by atoms with Gasteiger partial charge in [-0.3, -0.25) is 4.79 Å². The van der Waals surface area contributed by atoms with Crippen LogP contribution in [0.4, 0.5) is 0 Å². The lowest BCUT2D eigenvalue weighted by Crippen LogP contribution is -2.50. The molecule has 2 saturated heterocycles. The van der Waals surface area contributed by atoms with Crippen LogP contribution in [-0.4, -0.2) is 59.7 Å². The predicted molar refractivity (Wildman–Crippen MR) is 65.5 cm³/mol. The molecule has 5 heteroatoms. The molecule has 2 fully saturated rings. The van der Waals surface area contributed by atoms with E-state index < -0.39 is 0 Å². The number of thioether (sulfide) groups is 1. The van der Waals surface area contributed by atoms with E-state index >= 15 is 0 Å². The standard InChI is InChI=1S/C11H20N2O2S/c14-5-2-9-1-4-13(7-9)11(15)10-8-16-6-3-12-10/h9-10,12,14H,1-8H2. The quantitative estimate of drug-likeness (QED) is 0.729. The molecule has 2 N–H and O–H groups in total. The molecule has 2 heterocycles. The number of rotatable bonds is 3. The van der Waals surface area contributed by atoms with E-state index in [0.29, 0.717) is 5.92 Å². The first-order valence-corrected chi connectivity index (χ1v) is 7.17. The van der Waals surface area contributed by atoms with E-state index in [9.17, 15) is 4.79 Å². The van der Waals surface area contributed by atoms with Gasteiger partial charge in [0.15, 0.2) is 0 Å². The van der Waals surface area contributed by atoms with Crippen molar-refractivity contribution in [3.8, 4) is 0 Å². The molecule has 0 aliphatic carbocycles. The Morgan fingerprint density at radius 1 is 1.56 bits per heavy atom. The van der Waals surface area contributed by atoms with Crippen LogP contribution in [0.2, 0.25) is 0 Å². The first kappa shape index (κ1) is 12.2. The lowest BCUT2D eigenvalue weighted by atomic mass is 10.1. The molecule has 1 amide bonds.